The van der Waals surface area contributed by atoms with Crippen molar-refractivity contribution in [3.05, 3.63) is 69.8 Å². The third-order valence-electron chi connectivity index (χ3n) is 6.80. The fourth-order valence-corrected chi connectivity index (χ4v) is 9.37. The molecule has 2 aromatic carbocycles. The standard InChI is InChI=1S/C28H38IN2O6S/c1-20(2)17-31(38(34,35)19-21-9-5-3-6-10-21)18-25(32)27(29-23-11-7-4-8-12-23)30-28(33)37-24-15-22-13-14-36-26(22)16-24/h3-12,20,22,24-27,32H,13-19H2,1-2H3,(H,30,33)/q-1/t22?,24-,25-,26-,27-/m1/s1. The van der Waals surface area contributed by atoms with Gasteiger partial charge in [-0.2, -0.15) is 0 Å². The SMILES string of the molecule is CC(C)CN(C[C@@H](O)[C@@H](NC(=O)O[C@@H]1CC2CCO[C@@H]2C1)[I-]c1ccccc1)S(=O)(=O)Cc1ccccc1. The third kappa shape index (κ3) is 8.38. The molecule has 1 aliphatic carbocycles. The first-order valence-corrected chi connectivity index (χ1v) is 17.1. The first-order chi connectivity index (χ1) is 18.2. The van der Waals surface area contributed by atoms with Gasteiger partial charge in [-0.1, -0.05) is 0 Å². The number of sulfonamides is 1. The average Bonchev–Trinajstić information content (AvgIpc) is 3.46. The number of aliphatic hydroxyl groups is 1. The quantitative estimate of drug-likeness (QED) is 0.195. The molecule has 210 valence electrons. The molecule has 4 rings (SSSR count). The number of amides is 1. The van der Waals surface area contributed by atoms with Gasteiger partial charge in [0.2, 0.25) is 0 Å². The van der Waals surface area contributed by atoms with Crippen molar-refractivity contribution in [1.29, 1.82) is 0 Å². The maximum atomic E-state index is 13.4. The first kappa shape index (κ1) is 29.3. The molecule has 2 fully saturated rings. The van der Waals surface area contributed by atoms with E-state index in [9.17, 15) is 18.3 Å². The van der Waals surface area contributed by atoms with Gasteiger partial charge in [0.15, 0.2) is 0 Å². The second-order valence-electron chi connectivity index (χ2n) is 10.4. The minimum atomic E-state index is -3.70. The number of aliphatic hydroxyl groups excluding tert-OH is 1. The van der Waals surface area contributed by atoms with Crippen LogP contribution in [0.3, 0.4) is 0 Å². The molecule has 0 bridgehead atoms. The van der Waals surface area contributed by atoms with Gasteiger partial charge in [-0.05, 0) is 0 Å². The van der Waals surface area contributed by atoms with Crippen molar-refractivity contribution in [3.63, 3.8) is 0 Å². The molecule has 38 heavy (non-hydrogen) atoms. The molecule has 1 saturated carbocycles. The van der Waals surface area contributed by atoms with Crippen LogP contribution in [0.15, 0.2) is 60.7 Å². The number of carbonyl (C=O) groups excluding carboxylic acids is 1. The Morgan fingerprint density at radius 2 is 1.79 bits per heavy atom. The van der Waals surface area contributed by atoms with Gasteiger partial charge in [-0.25, -0.2) is 0 Å². The van der Waals surface area contributed by atoms with E-state index in [2.05, 4.69) is 5.32 Å². The van der Waals surface area contributed by atoms with Crippen molar-refractivity contribution in [1.82, 2.24) is 9.62 Å². The summed E-state index contributed by atoms with van der Waals surface area (Å²) in [6.07, 6.45) is 0.768. The van der Waals surface area contributed by atoms with Gasteiger partial charge < -0.3 is 0 Å². The van der Waals surface area contributed by atoms with E-state index in [0.29, 0.717) is 17.9 Å². The van der Waals surface area contributed by atoms with Crippen molar-refractivity contribution in [2.75, 3.05) is 19.7 Å². The molecular weight excluding hydrogens is 619 g/mol. The predicted molar refractivity (Wildman–Crippen MR) is 141 cm³/mol. The molecule has 10 heteroatoms. The number of benzene rings is 2. The number of fused-ring (bicyclic) bond motifs is 1. The molecular formula is C28H38IN2O6S-. The Labute approximate surface area is 236 Å². The minimum absolute atomic E-state index is 0.0666. The average molecular weight is 658 g/mol. The Kier molecular flexibility index (Phi) is 10.4. The van der Waals surface area contributed by atoms with E-state index in [0.717, 1.165) is 23.0 Å². The van der Waals surface area contributed by atoms with Crippen LogP contribution in [-0.4, -0.2) is 66.0 Å². The van der Waals surface area contributed by atoms with Crippen molar-refractivity contribution in [3.8, 4) is 0 Å². The molecule has 2 aliphatic rings. The number of hydrogen-bond acceptors (Lipinski definition) is 6. The summed E-state index contributed by atoms with van der Waals surface area (Å²) in [4.78, 5) is 12.9. The van der Waals surface area contributed by atoms with E-state index >= 15 is 0 Å². The Bertz CT molecular complexity index is 1120. The molecule has 0 aromatic heterocycles. The summed E-state index contributed by atoms with van der Waals surface area (Å²) in [7, 11) is -3.70. The van der Waals surface area contributed by atoms with Gasteiger partial charge in [-0.3, -0.25) is 0 Å². The van der Waals surface area contributed by atoms with Crippen LogP contribution in [0.5, 0.6) is 0 Å². The van der Waals surface area contributed by atoms with E-state index in [1.165, 1.54) is 4.31 Å². The molecule has 0 spiro atoms. The number of halogens is 1. The molecule has 1 aliphatic heterocycles. The van der Waals surface area contributed by atoms with Crippen LogP contribution >= 0.6 is 0 Å². The molecule has 1 heterocycles. The number of alkyl carbamates (subject to hydrolysis) is 1. The van der Waals surface area contributed by atoms with Crippen LogP contribution in [0.25, 0.3) is 0 Å². The monoisotopic (exact) mass is 657 g/mol. The van der Waals surface area contributed by atoms with Crippen molar-refractivity contribution in [2.45, 2.75) is 61.2 Å². The number of alkyl halides is 1. The summed E-state index contributed by atoms with van der Waals surface area (Å²) in [5.74, 6) is 0.357. The zero-order valence-electron chi connectivity index (χ0n) is 21.9. The van der Waals surface area contributed by atoms with Crippen LogP contribution in [0, 0.1) is 15.4 Å². The normalized spacial score (nSPS) is 22.9. The van der Waals surface area contributed by atoms with Crippen molar-refractivity contribution in [2.24, 2.45) is 11.8 Å². The van der Waals surface area contributed by atoms with E-state index in [1.54, 1.807) is 12.1 Å². The summed E-state index contributed by atoms with van der Waals surface area (Å²) in [5.41, 5.74) is 0.691. The predicted octanol–water partition coefficient (Wildman–Crippen LogP) is 0.414. The second kappa shape index (κ2) is 13.6. The van der Waals surface area contributed by atoms with Gasteiger partial charge in [0.25, 0.3) is 0 Å². The molecule has 1 amide bonds. The molecule has 2 aromatic rings. The fraction of sp³-hybridized carbons (Fsp3) is 0.536. The molecule has 1 unspecified atom stereocenters. The Balaban J connectivity index is 1.45. The number of rotatable bonds is 12. The third-order valence-corrected chi connectivity index (χ3v) is 11.8. The zero-order valence-corrected chi connectivity index (χ0v) is 24.9. The number of hydrogen-bond donors (Lipinski definition) is 2. The van der Waals surface area contributed by atoms with Gasteiger partial charge in [0.1, 0.15) is 0 Å². The van der Waals surface area contributed by atoms with Crippen LogP contribution in [-0.2, 0) is 25.2 Å². The Morgan fingerprint density at radius 1 is 1.11 bits per heavy atom. The van der Waals surface area contributed by atoms with Crippen LogP contribution in [0.4, 0.5) is 4.79 Å². The number of nitrogens with zero attached hydrogens (tertiary/aromatic N) is 1. The van der Waals surface area contributed by atoms with Gasteiger partial charge >= 0.3 is 237 Å². The summed E-state index contributed by atoms with van der Waals surface area (Å²) < 4.78 is 40.0. The van der Waals surface area contributed by atoms with E-state index in [1.807, 2.05) is 62.4 Å². The fourth-order valence-electron chi connectivity index (χ4n) is 5.02. The molecule has 8 nitrogen and oxygen atoms in total. The first-order valence-electron chi connectivity index (χ1n) is 13.2. The number of ether oxygens (including phenoxy) is 2. The molecule has 1 saturated heterocycles. The van der Waals surface area contributed by atoms with Crippen LogP contribution in [0.2, 0.25) is 0 Å². The van der Waals surface area contributed by atoms with Crippen molar-refractivity contribution < 1.29 is 49.0 Å². The maximum absolute atomic E-state index is 13.4. The Hall–Kier alpha value is -1.73. The summed E-state index contributed by atoms with van der Waals surface area (Å²) in [5, 5.41) is 14.2. The van der Waals surface area contributed by atoms with Gasteiger partial charge in [0.05, 0.1) is 0 Å². The summed E-state index contributed by atoms with van der Waals surface area (Å²) in [6.45, 7) is 4.83. The molecule has 2 N–H and O–H groups in total. The van der Waals surface area contributed by atoms with E-state index in [-0.39, 0.29) is 37.0 Å². The topological polar surface area (TPSA) is 105 Å². The zero-order chi connectivity index (χ0) is 27.1. The number of nitrogens with one attached hydrogen (secondary N) is 1. The van der Waals surface area contributed by atoms with Crippen molar-refractivity contribution >= 4 is 16.1 Å². The van der Waals surface area contributed by atoms with Gasteiger partial charge in [0, 0.05) is 0 Å². The van der Waals surface area contributed by atoms with E-state index in [4.69, 9.17) is 9.47 Å². The summed E-state index contributed by atoms with van der Waals surface area (Å²) in [6, 6.07) is 18.7. The summed E-state index contributed by atoms with van der Waals surface area (Å²) >= 11 is -0.889. The Morgan fingerprint density at radius 3 is 2.45 bits per heavy atom. The number of carbonyl (C=O) groups is 1. The van der Waals surface area contributed by atoms with Crippen LogP contribution in [0.1, 0.15) is 38.7 Å². The second-order valence-corrected chi connectivity index (χ2v) is 15.6. The van der Waals surface area contributed by atoms with Gasteiger partial charge in [-0.15, -0.1) is 0 Å². The molecule has 0 radical (unpaired) electrons. The molecule has 5 atom stereocenters. The van der Waals surface area contributed by atoms with E-state index < -0.39 is 47.5 Å². The van der Waals surface area contributed by atoms with Crippen LogP contribution < -0.4 is 26.5 Å².